The Balaban J connectivity index is 2.84. The van der Waals surface area contributed by atoms with Crippen molar-refractivity contribution in [1.82, 2.24) is 0 Å². The van der Waals surface area contributed by atoms with Crippen LogP contribution in [0.3, 0.4) is 0 Å². The van der Waals surface area contributed by atoms with Crippen LogP contribution in [-0.4, -0.2) is 22.4 Å². The number of nitrogens with two attached hydrogens (primary N) is 1. The van der Waals surface area contributed by atoms with Gasteiger partial charge in [0.15, 0.2) is 0 Å². The molecule has 16 heavy (non-hydrogen) atoms. The van der Waals surface area contributed by atoms with Crippen LogP contribution in [0, 0.1) is 6.92 Å². The number of hydrogen-bond donors (Lipinski definition) is 3. The maximum Gasteiger partial charge on any atom is 0.119 e. The van der Waals surface area contributed by atoms with Crippen molar-refractivity contribution in [2.45, 2.75) is 45.3 Å². The van der Waals surface area contributed by atoms with Crippen LogP contribution >= 0.6 is 0 Å². The molecule has 1 rings (SSSR count). The molecule has 0 bridgehead atoms. The molecular weight excluding hydrogens is 202 g/mol. The average Bonchev–Trinajstić information content (AvgIpc) is 2.16. The molecule has 3 atom stereocenters. The predicted octanol–water partition coefficient (Wildman–Crippen LogP) is 1.90. The summed E-state index contributed by atoms with van der Waals surface area (Å²) in [4.78, 5) is 0. The van der Waals surface area contributed by atoms with Gasteiger partial charge < -0.3 is 15.9 Å². The third-order valence-corrected chi connectivity index (χ3v) is 3.00. The molecule has 0 aromatic heterocycles. The highest BCUT2D eigenvalue weighted by Gasteiger charge is 2.18. The molecule has 3 unspecified atom stereocenters. The Morgan fingerprint density at radius 3 is 2.44 bits per heavy atom. The van der Waals surface area contributed by atoms with Gasteiger partial charge in [-0.3, -0.25) is 0 Å². The summed E-state index contributed by atoms with van der Waals surface area (Å²) in [5.74, 6) is 0.395. The first-order chi connectivity index (χ1) is 7.43. The van der Waals surface area contributed by atoms with E-state index in [1.54, 1.807) is 13.0 Å². The van der Waals surface area contributed by atoms with Gasteiger partial charge >= 0.3 is 0 Å². The van der Waals surface area contributed by atoms with Crippen molar-refractivity contribution in [3.05, 3.63) is 29.3 Å². The lowest BCUT2D eigenvalue weighted by Crippen LogP contribution is -2.32. The third-order valence-electron chi connectivity index (χ3n) is 3.00. The van der Waals surface area contributed by atoms with Gasteiger partial charge in [0.1, 0.15) is 5.75 Å². The lowest BCUT2D eigenvalue weighted by atomic mass is 9.89. The molecule has 0 saturated carbocycles. The fourth-order valence-corrected chi connectivity index (χ4v) is 2.00. The summed E-state index contributed by atoms with van der Waals surface area (Å²) >= 11 is 0. The van der Waals surface area contributed by atoms with E-state index >= 15 is 0 Å². The van der Waals surface area contributed by atoms with Crippen LogP contribution in [-0.2, 0) is 0 Å². The molecule has 0 heterocycles. The van der Waals surface area contributed by atoms with Gasteiger partial charge in [0.05, 0.1) is 6.10 Å². The van der Waals surface area contributed by atoms with Crippen molar-refractivity contribution < 1.29 is 10.2 Å². The maximum atomic E-state index is 9.80. The number of aliphatic hydroxyl groups excluding tert-OH is 1. The van der Waals surface area contributed by atoms with E-state index in [1.807, 2.05) is 26.0 Å². The number of rotatable bonds is 4. The summed E-state index contributed by atoms with van der Waals surface area (Å²) in [7, 11) is 0. The van der Waals surface area contributed by atoms with E-state index in [-0.39, 0.29) is 12.0 Å². The minimum absolute atomic E-state index is 0.0993. The van der Waals surface area contributed by atoms with Crippen molar-refractivity contribution in [1.29, 1.82) is 0 Å². The van der Waals surface area contributed by atoms with Gasteiger partial charge in [-0.1, -0.05) is 19.1 Å². The second-order valence-electron chi connectivity index (χ2n) is 4.57. The molecule has 90 valence electrons. The van der Waals surface area contributed by atoms with Gasteiger partial charge in [0.2, 0.25) is 0 Å². The summed E-state index contributed by atoms with van der Waals surface area (Å²) in [5.41, 5.74) is 7.58. The second kappa shape index (κ2) is 5.32. The van der Waals surface area contributed by atoms with E-state index in [0.29, 0.717) is 12.2 Å². The highest BCUT2D eigenvalue weighted by atomic mass is 16.3. The zero-order chi connectivity index (χ0) is 12.3. The van der Waals surface area contributed by atoms with Crippen LogP contribution in [0.2, 0.25) is 0 Å². The zero-order valence-corrected chi connectivity index (χ0v) is 10.1. The second-order valence-corrected chi connectivity index (χ2v) is 4.57. The van der Waals surface area contributed by atoms with E-state index in [9.17, 15) is 10.2 Å². The fraction of sp³-hybridized carbons (Fsp3) is 0.538. The number of hydrogen-bond acceptors (Lipinski definition) is 3. The van der Waals surface area contributed by atoms with E-state index in [2.05, 4.69) is 0 Å². The number of benzene rings is 1. The first-order valence-electron chi connectivity index (χ1n) is 5.65. The first-order valence-corrected chi connectivity index (χ1v) is 5.65. The Kier molecular flexibility index (Phi) is 4.33. The molecule has 0 spiro atoms. The smallest absolute Gasteiger partial charge is 0.119 e. The molecule has 0 amide bonds. The standard InChI is InChI=1S/C13H21NO2/c1-8-5-4-6-11(15)13(8)9(2)7-12(16)10(3)14/h4-6,9-10,12,15-16H,7,14H2,1-3H3. The maximum absolute atomic E-state index is 9.80. The van der Waals surface area contributed by atoms with Crippen LogP contribution in [0.15, 0.2) is 18.2 Å². The van der Waals surface area contributed by atoms with Crippen molar-refractivity contribution in [3.8, 4) is 5.75 Å². The van der Waals surface area contributed by atoms with Gasteiger partial charge in [-0.15, -0.1) is 0 Å². The summed E-state index contributed by atoms with van der Waals surface area (Å²) in [6, 6.07) is 5.22. The Morgan fingerprint density at radius 2 is 1.94 bits per heavy atom. The monoisotopic (exact) mass is 223 g/mol. The topological polar surface area (TPSA) is 66.5 Å². The normalized spacial score (nSPS) is 16.8. The van der Waals surface area contributed by atoms with Crippen LogP contribution in [0.4, 0.5) is 0 Å². The highest BCUT2D eigenvalue weighted by molar-refractivity contribution is 5.40. The van der Waals surface area contributed by atoms with Gasteiger partial charge in [-0.25, -0.2) is 0 Å². The van der Waals surface area contributed by atoms with Crippen molar-refractivity contribution in [2.75, 3.05) is 0 Å². The Bertz CT molecular complexity index is 330. The Morgan fingerprint density at radius 1 is 1.31 bits per heavy atom. The van der Waals surface area contributed by atoms with E-state index in [1.165, 1.54) is 0 Å². The number of phenols is 1. The molecular formula is C13H21NO2. The molecule has 0 saturated heterocycles. The fourth-order valence-electron chi connectivity index (χ4n) is 2.00. The molecule has 0 aliphatic carbocycles. The van der Waals surface area contributed by atoms with Gasteiger partial charge in [-0.2, -0.15) is 0 Å². The van der Waals surface area contributed by atoms with Gasteiger partial charge in [-0.05, 0) is 43.4 Å². The van der Waals surface area contributed by atoms with E-state index in [4.69, 9.17) is 5.73 Å². The average molecular weight is 223 g/mol. The lowest BCUT2D eigenvalue weighted by molar-refractivity contribution is 0.134. The van der Waals surface area contributed by atoms with Crippen LogP contribution in [0.25, 0.3) is 0 Å². The molecule has 3 nitrogen and oxygen atoms in total. The molecule has 1 aromatic carbocycles. The Labute approximate surface area is 96.9 Å². The minimum Gasteiger partial charge on any atom is -0.508 e. The molecule has 0 aliphatic rings. The third kappa shape index (κ3) is 2.97. The van der Waals surface area contributed by atoms with Crippen molar-refractivity contribution in [2.24, 2.45) is 5.73 Å². The molecule has 3 heteroatoms. The van der Waals surface area contributed by atoms with Gasteiger partial charge in [0.25, 0.3) is 0 Å². The van der Waals surface area contributed by atoms with Crippen molar-refractivity contribution >= 4 is 0 Å². The molecule has 4 N–H and O–H groups in total. The van der Waals surface area contributed by atoms with Crippen LogP contribution in [0.1, 0.15) is 37.3 Å². The first kappa shape index (κ1) is 13.0. The number of aryl methyl sites for hydroxylation is 1. The molecule has 0 aliphatic heterocycles. The van der Waals surface area contributed by atoms with Crippen LogP contribution < -0.4 is 5.73 Å². The molecule has 0 fully saturated rings. The number of aromatic hydroxyl groups is 1. The van der Waals surface area contributed by atoms with Crippen molar-refractivity contribution in [3.63, 3.8) is 0 Å². The number of phenolic OH excluding ortho intramolecular Hbond substituents is 1. The summed E-state index contributed by atoms with van der Waals surface area (Å²) in [6.07, 6.45) is 0.0322. The predicted molar refractivity (Wildman–Crippen MR) is 65.5 cm³/mol. The molecule has 1 aromatic rings. The summed E-state index contributed by atoms with van der Waals surface area (Å²) < 4.78 is 0. The summed E-state index contributed by atoms with van der Waals surface area (Å²) in [6.45, 7) is 5.74. The zero-order valence-electron chi connectivity index (χ0n) is 10.1. The number of aliphatic hydroxyl groups is 1. The minimum atomic E-state index is -0.533. The van der Waals surface area contributed by atoms with E-state index < -0.39 is 6.10 Å². The SMILES string of the molecule is Cc1cccc(O)c1C(C)CC(O)C(C)N. The van der Waals surface area contributed by atoms with E-state index in [0.717, 1.165) is 11.1 Å². The largest absolute Gasteiger partial charge is 0.508 e. The lowest BCUT2D eigenvalue weighted by Gasteiger charge is -2.21. The van der Waals surface area contributed by atoms with Gasteiger partial charge in [0, 0.05) is 6.04 Å². The Hall–Kier alpha value is -1.06. The van der Waals surface area contributed by atoms with Crippen LogP contribution in [0.5, 0.6) is 5.75 Å². The molecule has 0 radical (unpaired) electrons. The summed E-state index contributed by atoms with van der Waals surface area (Å²) in [5, 5.41) is 19.5. The highest BCUT2D eigenvalue weighted by Crippen LogP contribution is 2.31. The quantitative estimate of drug-likeness (QED) is 0.730.